The molecule has 0 aliphatic heterocycles. The van der Waals surface area contributed by atoms with Gasteiger partial charge in [0.1, 0.15) is 11.3 Å². The van der Waals surface area contributed by atoms with Crippen molar-refractivity contribution in [2.24, 2.45) is 5.92 Å². The van der Waals surface area contributed by atoms with Crippen molar-refractivity contribution in [1.82, 2.24) is 9.97 Å². The Morgan fingerprint density at radius 1 is 1.33 bits per heavy atom. The van der Waals surface area contributed by atoms with Crippen molar-refractivity contribution in [2.45, 2.75) is 51.6 Å². The maximum Gasteiger partial charge on any atom is 0.159 e. The fraction of sp³-hybridized carbons (Fsp3) is 0.714. The van der Waals surface area contributed by atoms with Crippen molar-refractivity contribution >= 4 is 11.6 Å². The molecule has 1 aromatic heterocycles. The van der Waals surface area contributed by atoms with Gasteiger partial charge in [-0.05, 0) is 31.2 Å². The first-order valence-electron chi connectivity index (χ1n) is 6.80. The minimum absolute atomic E-state index is 0.00528. The van der Waals surface area contributed by atoms with Crippen LogP contribution in [0.15, 0.2) is 6.07 Å². The van der Waals surface area contributed by atoms with E-state index in [1.807, 2.05) is 6.07 Å². The van der Waals surface area contributed by atoms with Crippen molar-refractivity contribution in [3.8, 4) is 0 Å². The van der Waals surface area contributed by atoms with E-state index in [2.05, 4.69) is 16.9 Å². The van der Waals surface area contributed by atoms with Gasteiger partial charge in [0.2, 0.25) is 0 Å². The second kappa shape index (κ2) is 6.48. The van der Waals surface area contributed by atoms with E-state index in [-0.39, 0.29) is 6.10 Å². The lowest BCUT2D eigenvalue weighted by Crippen LogP contribution is -2.20. The average molecular weight is 269 g/mol. The minimum Gasteiger partial charge on any atom is -0.373 e. The molecule has 0 aromatic carbocycles. The largest absolute Gasteiger partial charge is 0.373 e. The molecule has 3 nitrogen and oxygen atoms in total. The van der Waals surface area contributed by atoms with Crippen LogP contribution in [0, 0.1) is 5.92 Å². The fourth-order valence-electron chi connectivity index (χ4n) is 2.74. The summed E-state index contributed by atoms with van der Waals surface area (Å²) < 4.78 is 5.65. The summed E-state index contributed by atoms with van der Waals surface area (Å²) in [6.07, 6.45) is 7.18. The van der Waals surface area contributed by atoms with Gasteiger partial charge in [-0.2, -0.15) is 0 Å². The Labute approximate surface area is 114 Å². The Balaban J connectivity index is 2.22. The SMILES string of the molecule is CCc1cc(Cl)nc(C(OC)C2CCCCC2)n1. The predicted octanol–water partition coefficient (Wildman–Crippen LogP) is 3.96. The summed E-state index contributed by atoms with van der Waals surface area (Å²) in [6.45, 7) is 2.07. The lowest BCUT2D eigenvalue weighted by Gasteiger charge is -2.28. The zero-order valence-electron chi connectivity index (χ0n) is 11.2. The van der Waals surface area contributed by atoms with E-state index in [1.54, 1.807) is 7.11 Å². The molecule has 1 unspecified atom stereocenters. The third-order valence-electron chi connectivity index (χ3n) is 3.71. The van der Waals surface area contributed by atoms with Crippen LogP contribution in [0.25, 0.3) is 0 Å². The smallest absolute Gasteiger partial charge is 0.159 e. The van der Waals surface area contributed by atoms with Gasteiger partial charge in [-0.25, -0.2) is 9.97 Å². The zero-order valence-corrected chi connectivity index (χ0v) is 11.9. The number of hydrogen-bond acceptors (Lipinski definition) is 3. The molecular formula is C14H21ClN2O. The second-order valence-electron chi connectivity index (χ2n) is 4.95. The molecule has 1 aromatic rings. The van der Waals surface area contributed by atoms with Crippen LogP contribution in [0.3, 0.4) is 0 Å². The number of halogens is 1. The number of aromatic nitrogens is 2. The molecule has 18 heavy (non-hydrogen) atoms. The van der Waals surface area contributed by atoms with Crippen molar-refractivity contribution < 1.29 is 4.74 Å². The summed E-state index contributed by atoms with van der Waals surface area (Å²) >= 11 is 6.06. The number of ether oxygens (including phenoxy) is 1. The highest BCUT2D eigenvalue weighted by molar-refractivity contribution is 6.29. The number of nitrogens with zero attached hydrogens (tertiary/aromatic N) is 2. The molecule has 0 spiro atoms. The van der Waals surface area contributed by atoms with Gasteiger partial charge >= 0.3 is 0 Å². The first-order valence-corrected chi connectivity index (χ1v) is 7.18. The number of aryl methyl sites for hydroxylation is 1. The normalized spacial score (nSPS) is 18.8. The van der Waals surface area contributed by atoms with Crippen molar-refractivity contribution in [1.29, 1.82) is 0 Å². The highest BCUT2D eigenvalue weighted by Crippen LogP contribution is 2.35. The van der Waals surface area contributed by atoms with Crippen molar-refractivity contribution in [3.05, 3.63) is 22.7 Å². The Hall–Kier alpha value is -0.670. The quantitative estimate of drug-likeness (QED) is 0.776. The van der Waals surface area contributed by atoms with Crippen LogP contribution < -0.4 is 0 Å². The van der Waals surface area contributed by atoms with Crippen LogP contribution in [0.5, 0.6) is 0 Å². The average Bonchev–Trinajstić information content (AvgIpc) is 2.40. The third kappa shape index (κ3) is 3.21. The van der Waals surface area contributed by atoms with E-state index in [4.69, 9.17) is 16.3 Å². The topological polar surface area (TPSA) is 35.0 Å². The van der Waals surface area contributed by atoms with E-state index in [0.717, 1.165) is 17.9 Å². The predicted molar refractivity (Wildman–Crippen MR) is 72.7 cm³/mol. The summed E-state index contributed by atoms with van der Waals surface area (Å²) in [4.78, 5) is 8.94. The van der Waals surface area contributed by atoms with E-state index >= 15 is 0 Å². The summed E-state index contributed by atoms with van der Waals surface area (Å²) in [6, 6.07) is 1.83. The molecule has 1 aliphatic carbocycles. The Kier molecular flexibility index (Phi) is 4.95. The van der Waals surface area contributed by atoms with Gasteiger partial charge in [0.15, 0.2) is 5.82 Å². The first-order chi connectivity index (χ1) is 8.74. The molecule has 0 saturated heterocycles. The monoisotopic (exact) mass is 268 g/mol. The van der Waals surface area contributed by atoms with Crippen LogP contribution in [0.1, 0.15) is 56.7 Å². The van der Waals surface area contributed by atoms with Crippen molar-refractivity contribution in [2.75, 3.05) is 7.11 Å². The van der Waals surface area contributed by atoms with Gasteiger partial charge in [-0.3, -0.25) is 0 Å². The fourth-order valence-corrected chi connectivity index (χ4v) is 2.95. The second-order valence-corrected chi connectivity index (χ2v) is 5.34. The van der Waals surface area contributed by atoms with Gasteiger partial charge in [0.25, 0.3) is 0 Å². The maximum absolute atomic E-state index is 6.06. The van der Waals surface area contributed by atoms with E-state index < -0.39 is 0 Å². The molecule has 1 atom stereocenters. The Morgan fingerprint density at radius 2 is 2.06 bits per heavy atom. The molecule has 0 radical (unpaired) electrons. The molecule has 100 valence electrons. The van der Waals surface area contributed by atoms with Gasteiger partial charge in [0, 0.05) is 12.8 Å². The lowest BCUT2D eigenvalue weighted by molar-refractivity contribution is 0.0288. The molecule has 1 fully saturated rings. The third-order valence-corrected chi connectivity index (χ3v) is 3.91. The van der Waals surface area contributed by atoms with Gasteiger partial charge in [0.05, 0.1) is 0 Å². The summed E-state index contributed by atoms with van der Waals surface area (Å²) in [7, 11) is 1.75. The summed E-state index contributed by atoms with van der Waals surface area (Å²) in [5, 5.41) is 0.523. The Morgan fingerprint density at radius 3 is 2.67 bits per heavy atom. The van der Waals surface area contributed by atoms with E-state index in [9.17, 15) is 0 Å². The van der Waals surface area contributed by atoms with Gasteiger partial charge in [-0.1, -0.05) is 37.8 Å². The number of methoxy groups -OCH3 is 1. The summed E-state index contributed by atoms with van der Waals surface area (Å²) in [5.74, 6) is 1.29. The molecule has 1 saturated carbocycles. The van der Waals surface area contributed by atoms with Gasteiger partial charge < -0.3 is 4.74 Å². The Bertz CT molecular complexity index is 391. The minimum atomic E-state index is -0.00528. The van der Waals surface area contributed by atoms with Gasteiger partial charge in [-0.15, -0.1) is 0 Å². The van der Waals surface area contributed by atoms with E-state index in [1.165, 1.54) is 32.1 Å². The summed E-state index contributed by atoms with van der Waals surface area (Å²) in [5.41, 5.74) is 0.989. The van der Waals surface area contributed by atoms with Crippen LogP contribution in [-0.2, 0) is 11.2 Å². The lowest BCUT2D eigenvalue weighted by atomic mass is 9.85. The molecule has 2 rings (SSSR count). The number of rotatable bonds is 4. The van der Waals surface area contributed by atoms with Crippen LogP contribution >= 0.6 is 11.6 Å². The molecule has 0 amide bonds. The number of hydrogen-bond donors (Lipinski definition) is 0. The molecule has 0 bridgehead atoms. The molecule has 0 N–H and O–H groups in total. The van der Waals surface area contributed by atoms with Crippen LogP contribution in [0.4, 0.5) is 0 Å². The van der Waals surface area contributed by atoms with E-state index in [0.29, 0.717) is 11.1 Å². The molecule has 4 heteroatoms. The van der Waals surface area contributed by atoms with Crippen LogP contribution in [0.2, 0.25) is 5.15 Å². The highest BCUT2D eigenvalue weighted by atomic mass is 35.5. The molecular weight excluding hydrogens is 248 g/mol. The van der Waals surface area contributed by atoms with Crippen molar-refractivity contribution in [3.63, 3.8) is 0 Å². The first kappa shape index (κ1) is 13.8. The molecule has 1 aliphatic rings. The molecule has 1 heterocycles. The zero-order chi connectivity index (χ0) is 13.0. The maximum atomic E-state index is 6.06. The highest BCUT2D eigenvalue weighted by Gasteiger charge is 2.27. The standard InChI is InChI=1S/C14H21ClN2O/c1-3-11-9-12(15)17-14(16-11)13(18-2)10-7-5-4-6-8-10/h9-10,13H,3-8H2,1-2H3. The van der Waals surface area contributed by atoms with Crippen LogP contribution in [-0.4, -0.2) is 17.1 Å².